The average molecular weight is 348 g/mol. The minimum Gasteiger partial charge on any atom is -0.356 e. The molecule has 4 bridgehead atoms. The summed E-state index contributed by atoms with van der Waals surface area (Å²) in [5.41, 5.74) is 4.07. The zero-order chi connectivity index (χ0) is 15.9. The van der Waals surface area contributed by atoms with Crippen LogP contribution >= 0.6 is 23.8 Å². The Bertz CT molecular complexity index is 608. The first-order valence-electron chi connectivity index (χ1n) is 8.48. The van der Waals surface area contributed by atoms with E-state index in [-0.39, 0.29) is 5.54 Å². The van der Waals surface area contributed by atoms with Gasteiger partial charge in [0.15, 0.2) is 5.11 Å². The van der Waals surface area contributed by atoms with Gasteiger partial charge in [-0.3, -0.25) is 5.43 Å². The molecule has 23 heavy (non-hydrogen) atoms. The Balaban J connectivity index is 1.36. The van der Waals surface area contributed by atoms with Crippen LogP contribution in [0.4, 0.5) is 0 Å². The van der Waals surface area contributed by atoms with Crippen LogP contribution in [0.25, 0.3) is 0 Å². The molecular weight excluding hydrogens is 326 g/mol. The molecule has 2 N–H and O–H groups in total. The molecule has 122 valence electrons. The molecule has 1 aromatic rings. The Morgan fingerprint density at radius 3 is 2.35 bits per heavy atom. The van der Waals surface area contributed by atoms with Crippen molar-refractivity contribution in [3.63, 3.8) is 0 Å². The molecule has 4 aliphatic rings. The fourth-order valence-corrected chi connectivity index (χ4v) is 5.73. The number of hydrogen-bond donors (Lipinski definition) is 2. The minimum atomic E-state index is 0.221. The van der Waals surface area contributed by atoms with Crippen molar-refractivity contribution in [1.82, 2.24) is 10.7 Å². The summed E-state index contributed by atoms with van der Waals surface area (Å²) in [7, 11) is 0. The maximum absolute atomic E-state index is 6.12. The van der Waals surface area contributed by atoms with Crippen molar-refractivity contribution in [1.29, 1.82) is 0 Å². The van der Waals surface area contributed by atoms with Crippen LogP contribution in [-0.2, 0) is 0 Å². The van der Waals surface area contributed by atoms with E-state index in [4.69, 9.17) is 23.8 Å². The molecule has 4 aliphatic carbocycles. The molecule has 0 aliphatic heterocycles. The summed E-state index contributed by atoms with van der Waals surface area (Å²) in [5, 5.41) is 9.16. The van der Waals surface area contributed by atoms with Gasteiger partial charge in [-0.1, -0.05) is 29.8 Å². The van der Waals surface area contributed by atoms with Crippen molar-refractivity contribution in [3.8, 4) is 0 Å². The SMILES string of the molecule is S=C(NN=Cc1ccccc1Cl)NC12CC3CC(CC(C3)C1)C2. The monoisotopic (exact) mass is 347 g/mol. The first-order valence-corrected chi connectivity index (χ1v) is 9.26. The highest BCUT2D eigenvalue weighted by Crippen LogP contribution is 2.55. The normalized spacial score (nSPS) is 34.7. The topological polar surface area (TPSA) is 36.4 Å². The number of nitrogens with one attached hydrogen (secondary N) is 2. The number of hydrazone groups is 1. The molecule has 0 amide bonds. The van der Waals surface area contributed by atoms with E-state index in [0.717, 1.165) is 23.3 Å². The van der Waals surface area contributed by atoms with Crippen molar-refractivity contribution >= 4 is 35.1 Å². The predicted octanol–water partition coefficient (Wildman–Crippen LogP) is 4.11. The fraction of sp³-hybridized carbons (Fsp3) is 0.556. The first-order chi connectivity index (χ1) is 11.1. The molecule has 5 rings (SSSR count). The van der Waals surface area contributed by atoms with Gasteiger partial charge < -0.3 is 5.32 Å². The summed E-state index contributed by atoms with van der Waals surface area (Å²) >= 11 is 11.6. The quantitative estimate of drug-likeness (QED) is 0.491. The molecular formula is C18H22ClN3S. The molecule has 0 heterocycles. The third kappa shape index (κ3) is 3.24. The van der Waals surface area contributed by atoms with Crippen LogP contribution < -0.4 is 10.7 Å². The van der Waals surface area contributed by atoms with E-state index in [2.05, 4.69) is 15.8 Å². The molecule has 5 heteroatoms. The molecule has 0 aromatic heterocycles. The molecule has 0 saturated heterocycles. The van der Waals surface area contributed by atoms with E-state index >= 15 is 0 Å². The van der Waals surface area contributed by atoms with E-state index in [1.807, 2.05) is 24.3 Å². The molecule has 1 aromatic carbocycles. The number of thiocarbonyl (C=S) groups is 1. The second kappa shape index (κ2) is 6.06. The number of benzene rings is 1. The average Bonchev–Trinajstić information content (AvgIpc) is 2.47. The summed E-state index contributed by atoms with van der Waals surface area (Å²) in [6.45, 7) is 0. The van der Waals surface area contributed by atoms with Gasteiger partial charge in [-0.25, -0.2) is 0 Å². The second-order valence-corrected chi connectivity index (χ2v) is 8.36. The van der Waals surface area contributed by atoms with E-state index in [9.17, 15) is 0 Å². The third-order valence-electron chi connectivity index (χ3n) is 5.69. The van der Waals surface area contributed by atoms with Gasteiger partial charge in [0.05, 0.1) is 6.21 Å². The molecule has 3 nitrogen and oxygen atoms in total. The van der Waals surface area contributed by atoms with Gasteiger partial charge in [0, 0.05) is 16.1 Å². The summed E-state index contributed by atoms with van der Waals surface area (Å²) in [5.74, 6) is 2.72. The van der Waals surface area contributed by atoms with Crippen LogP contribution in [0.15, 0.2) is 29.4 Å². The smallest absolute Gasteiger partial charge is 0.187 e. The Labute approximate surface area is 147 Å². The van der Waals surface area contributed by atoms with E-state index in [0.29, 0.717) is 10.1 Å². The van der Waals surface area contributed by atoms with Crippen LogP contribution in [0.2, 0.25) is 5.02 Å². The zero-order valence-corrected chi connectivity index (χ0v) is 14.7. The van der Waals surface area contributed by atoms with E-state index < -0.39 is 0 Å². The summed E-state index contributed by atoms with van der Waals surface area (Å²) in [6.07, 6.45) is 9.85. The maximum atomic E-state index is 6.12. The lowest BCUT2D eigenvalue weighted by molar-refractivity contribution is -0.0101. The highest BCUT2D eigenvalue weighted by Gasteiger charge is 2.51. The number of halogens is 1. The Kier molecular flexibility index (Phi) is 4.06. The molecule has 0 atom stereocenters. The van der Waals surface area contributed by atoms with Gasteiger partial charge in [0.25, 0.3) is 0 Å². The fourth-order valence-electron chi connectivity index (χ4n) is 5.27. The largest absolute Gasteiger partial charge is 0.356 e. The standard InChI is InChI=1S/C18H22ClN3S/c19-16-4-2-1-3-15(16)11-20-22-17(23)21-18-8-12-5-13(9-18)7-14(6-12)10-18/h1-4,11-14H,5-10H2,(H2,21,22,23). The van der Waals surface area contributed by atoms with Crippen LogP contribution in [-0.4, -0.2) is 16.9 Å². The molecule has 0 spiro atoms. The number of nitrogens with zero attached hydrogens (tertiary/aromatic N) is 1. The Morgan fingerprint density at radius 2 is 1.74 bits per heavy atom. The van der Waals surface area contributed by atoms with E-state index in [1.165, 1.54) is 38.5 Å². The molecule has 0 unspecified atom stereocenters. The zero-order valence-electron chi connectivity index (χ0n) is 13.1. The van der Waals surface area contributed by atoms with Crippen molar-refractivity contribution in [2.75, 3.05) is 0 Å². The third-order valence-corrected chi connectivity index (χ3v) is 6.23. The molecule has 4 saturated carbocycles. The molecule has 4 fully saturated rings. The van der Waals surface area contributed by atoms with Gasteiger partial charge in [-0.05, 0) is 74.6 Å². The summed E-state index contributed by atoms with van der Waals surface area (Å²) in [4.78, 5) is 0. The summed E-state index contributed by atoms with van der Waals surface area (Å²) in [6, 6.07) is 7.64. The second-order valence-electron chi connectivity index (χ2n) is 7.54. The molecule has 0 radical (unpaired) electrons. The Hall–Kier alpha value is -1.13. The highest BCUT2D eigenvalue weighted by atomic mass is 35.5. The van der Waals surface area contributed by atoms with Gasteiger partial charge in [0.1, 0.15) is 0 Å². The van der Waals surface area contributed by atoms with Crippen molar-refractivity contribution in [2.24, 2.45) is 22.9 Å². The van der Waals surface area contributed by atoms with Gasteiger partial charge in [-0.2, -0.15) is 5.10 Å². The van der Waals surface area contributed by atoms with Crippen LogP contribution in [0.3, 0.4) is 0 Å². The highest BCUT2D eigenvalue weighted by molar-refractivity contribution is 7.80. The Morgan fingerprint density at radius 1 is 1.13 bits per heavy atom. The lowest BCUT2D eigenvalue weighted by atomic mass is 9.53. The van der Waals surface area contributed by atoms with Gasteiger partial charge >= 0.3 is 0 Å². The van der Waals surface area contributed by atoms with Crippen molar-refractivity contribution < 1.29 is 0 Å². The van der Waals surface area contributed by atoms with Crippen LogP contribution in [0.1, 0.15) is 44.1 Å². The predicted molar refractivity (Wildman–Crippen MR) is 98.8 cm³/mol. The van der Waals surface area contributed by atoms with E-state index in [1.54, 1.807) is 6.21 Å². The van der Waals surface area contributed by atoms with Gasteiger partial charge in [-0.15, -0.1) is 0 Å². The van der Waals surface area contributed by atoms with Crippen molar-refractivity contribution in [2.45, 2.75) is 44.1 Å². The van der Waals surface area contributed by atoms with Crippen molar-refractivity contribution in [3.05, 3.63) is 34.9 Å². The van der Waals surface area contributed by atoms with Gasteiger partial charge in [0.2, 0.25) is 0 Å². The minimum absolute atomic E-state index is 0.221. The number of rotatable bonds is 3. The van der Waals surface area contributed by atoms with Crippen LogP contribution in [0.5, 0.6) is 0 Å². The lowest BCUT2D eigenvalue weighted by Crippen LogP contribution is -2.61. The summed E-state index contributed by atoms with van der Waals surface area (Å²) < 4.78 is 0. The first kappa shape index (κ1) is 15.4. The van der Waals surface area contributed by atoms with Crippen LogP contribution in [0, 0.1) is 17.8 Å². The number of hydrogen-bond acceptors (Lipinski definition) is 2. The lowest BCUT2D eigenvalue weighted by Gasteiger charge is -2.57. The maximum Gasteiger partial charge on any atom is 0.187 e.